The van der Waals surface area contributed by atoms with E-state index in [0.717, 1.165) is 5.56 Å². The average molecular weight is 455 g/mol. The molecule has 0 bridgehead atoms. The predicted octanol–water partition coefficient (Wildman–Crippen LogP) is 3.48. The number of benzene rings is 2. The SMILES string of the molecule is CC1=C2C(CCS2(=O)=O)C2(S(=O)Cc3ccccc3)C(=O)c3ccccc3C(=O)C2C1. The molecule has 31 heavy (non-hydrogen) atoms. The first-order chi connectivity index (χ1) is 14.8. The van der Waals surface area contributed by atoms with Crippen molar-refractivity contribution in [3.63, 3.8) is 0 Å². The van der Waals surface area contributed by atoms with E-state index < -0.39 is 37.2 Å². The molecule has 7 heteroatoms. The van der Waals surface area contributed by atoms with Gasteiger partial charge in [-0.15, -0.1) is 0 Å². The molecule has 1 fully saturated rings. The Balaban J connectivity index is 1.76. The van der Waals surface area contributed by atoms with Crippen molar-refractivity contribution in [3.05, 3.63) is 81.8 Å². The van der Waals surface area contributed by atoms with Crippen LogP contribution in [0.5, 0.6) is 0 Å². The molecule has 1 heterocycles. The fourth-order valence-electron chi connectivity index (χ4n) is 5.67. The van der Waals surface area contributed by atoms with Crippen molar-refractivity contribution in [2.45, 2.75) is 30.3 Å². The van der Waals surface area contributed by atoms with Gasteiger partial charge in [0.25, 0.3) is 0 Å². The van der Waals surface area contributed by atoms with Gasteiger partial charge in [-0.25, -0.2) is 8.42 Å². The summed E-state index contributed by atoms with van der Waals surface area (Å²) in [5.74, 6) is -2.09. The number of rotatable bonds is 3. The third-order valence-corrected chi connectivity index (χ3v) is 11.1. The first kappa shape index (κ1) is 20.5. The smallest absolute Gasteiger partial charge is 0.183 e. The van der Waals surface area contributed by atoms with Crippen LogP contribution in [0.2, 0.25) is 0 Å². The number of ketones is 2. The summed E-state index contributed by atoms with van der Waals surface area (Å²) in [6.07, 6.45) is 0.359. The van der Waals surface area contributed by atoms with Gasteiger partial charge in [0.2, 0.25) is 0 Å². The van der Waals surface area contributed by atoms with E-state index in [0.29, 0.717) is 11.1 Å². The number of allylic oxidation sites excluding steroid dienone is 2. The van der Waals surface area contributed by atoms with Crippen molar-refractivity contribution >= 4 is 32.2 Å². The van der Waals surface area contributed by atoms with Crippen molar-refractivity contribution in [3.8, 4) is 0 Å². The second kappa shape index (κ2) is 7.07. The van der Waals surface area contributed by atoms with E-state index in [1.807, 2.05) is 30.3 Å². The van der Waals surface area contributed by atoms with Gasteiger partial charge in [0.05, 0.1) is 11.7 Å². The van der Waals surface area contributed by atoms with Gasteiger partial charge in [-0.05, 0) is 25.3 Å². The Morgan fingerprint density at radius 2 is 1.61 bits per heavy atom. The van der Waals surface area contributed by atoms with E-state index in [1.54, 1.807) is 31.2 Å². The summed E-state index contributed by atoms with van der Waals surface area (Å²) in [6.45, 7) is 1.73. The van der Waals surface area contributed by atoms with E-state index in [9.17, 15) is 22.2 Å². The topological polar surface area (TPSA) is 85.3 Å². The van der Waals surface area contributed by atoms with Gasteiger partial charge in [-0.1, -0.05) is 60.2 Å². The molecule has 0 N–H and O–H groups in total. The highest BCUT2D eigenvalue weighted by atomic mass is 32.2. The van der Waals surface area contributed by atoms with Crippen LogP contribution in [0.15, 0.2) is 65.1 Å². The molecule has 2 aromatic rings. The number of fused-ring (bicyclic) bond motifs is 4. The highest BCUT2D eigenvalue weighted by Gasteiger charge is 2.66. The van der Waals surface area contributed by atoms with Crippen molar-refractivity contribution in [1.29, 1.82) is 0 Å². The molecule has 2 aliphatic carbocycles. The molecule has 2 aromatic carbocycles. The maximum Gasteiger partial charge on any atom is 0.183 e. The monoisotopic (exact) mass is 454 g/mol. The largest absolute Gasteiger partial charge is 0.294 e. The number of carbonyl (C=O) groups excluding carboxylic acids is 2. The lowest BCUT2D eigenvalue weighted by Crippen LogP contribution is -2.62. The number of hydrogen-bond donors (Lipinski definition) is 0. The third-order valence-electron chi connectivity index (χ3n) is 6.92. The number of hydrogen-bond acceptors (Lipinski definition) is 5. The lowest BCUT2D eigenvalue weighted by molar-refractivity contribution is 0.0713. The van der Waals surface area contributed by atoms with Crippen molar-refractivity contribution in [2.75, 3.05) is 5.75 Å². The molecular weight excluding hydrogens is 432 g/mol. The van der Waals surface area contributed by atoms with E-state index >= 15 is 0 Å². The number of Topliss-reactive ketones (excluding diaryl/α,β-unsaturated/α-hetero) is 2. The summed E-state index contributed by atoms with van der Waals surface area (Å²) in [6, 6.07) is 15.8. The second-order valence-electron chi connectivity index (χ2n) is 8.57. The van der Waals surface area contributed by atoms with Crippen LogP contribution in [0, 0.1) is 11.8 Å². The molecular formula is C24H22O5S2. The molecule has 4 unspecified atom stereocenters. The molecule has 4 atom stereocenters. The zero-order valence-corrected chi connectivity index (χ0v) is 18.7. The molecule has 0 saturated carbocycles. The van der Waals surface area contributed by atoms with Gasteiger partial charge in [0.15, 0.2) is 21.4 Å². The average Bonchev–Trinajstić information content (AvgIpc) is 3.09. The van der Waals surface area contributed by atoms with Crippen LogP contribution in [0.25, 0.3) is 0 Å². The first-order valence-corrected chi connectivity index (χ1v) is 13.3. The molecule has 1 saturated heterocycles. The van der Waals surface area contributed by atoms with Gasteiger partial charge < -0.3 is 0 Å². The van der Waals surface area contributed by atoms with Crippen LogP contribution in [-0.2, 0) is 26.4 Å². The van der Waals surface area contributed by atoms with Gasteiger partial charge in [0.1, 0.15) is 4.75 Å². The molecule has 160 valence electrons. The molecule has 0 spiro atoms. The Bertz CT molecular complexity index is 1280. The Morgan fingerprint density at radius 1 is 0.968 bits per heavy atom. The van der Waals surface area contributed by atoms with Crippen LogP contribution < -0.4 is 0 Å². The van der Waals surface area contributed by atoms with E-state index in [1.165, 1.54) is 0 Å². The standard InChI is InChI=1S/C24H22O5S2/c1-15-13-20-21(25)17-9-5-6-10-18(17)23(26)24(20,19-11-12-31(28,29)22(15)19)30(27)14-16-7-3-2-4-8-16/h2-10,19-20H,11-14H2,1H3. The Kier molecular flexibility index (Phi) is 4.68. The number of sulfone groups is 1. The van der Waals surface area contributed by atoms with Crippen molar-refractivity contribution < 1.29 is 22.2 Å². The molecule has 5 nitrogen and oxygen atoms in total. The minimum Gasteiger partial charge on any atom is -0.294 e. The van der Waals surface area contributed by atoms with Crippen LogP contribution in [0.1, 0.15) is 46.0 Å². The lowest BCUT2D eigenvalue weighted by Gasteiger charge is -2.48. The van der Waals surface area contributed by atoms with Crippen LogP contribution in [-0.4, -0.2) is 34.7 Å². The number of carbonyl (C=O) groups is 2. The highest BCUT2D eigenvalue weighted by molar-refractivity contribution is 7.95. The van der Waals surface area contributed by atoms with Gasteiger partial charge in [0, 0.05) is 38.5 Å². The van der Waals surface area contributed by atoms with Crippen molar-refractivity contribution in [2.24, 2.45) is 11.8 Å². The predicted molar refractivity (Wildman–Crippen MR) is 119 cm³/mol. The van der Waals surface area contributed by atoms with E-state index in [2.05, 4.69) is 0 Å². The molecule has 0 radical (unpaired) electrons. The molecule has 1 aliphatic heterocycles. The minimum absolute atomic E-state index is 0.0789. The Hall–Kier alpha value is -2.38. The summed E-state index contributed by atoms with van der Waals surface area (Å²) < 4.78 is 38.3. The van der Waals surface area contributed by atoms with Crippen LogP contribution in [0.4, 0.5) is 0 Å². The van der Waals surface area contributed by atoms with E-state index in [4.69, 9.17) is 0 Å². The fourth-order valence-corrected chi connectivity index (χ4v) is 9.97. The fraction of sp³-hybridized carbons (Fsp3) is 0.333. The zero-order valence-electron chi connectivity index (χ0n) is 17.0. The summed E-state index contributed by atoms with van der Waals surface area (Å²) >= 11 is 0. The summed E-state index contributed by atoms with van der Waals surface area (Å²) in [5, 5.41) is 0. The molecule has 5 rings (SSSR count). The summed E-state index contributed by atoms with van der Waals surface area (Å²) in [7, 11) is -5.31. The molecule has 0 amide bonds. The highest BCUT2D eigenvalue weighted by Crippen LogP contribution is 2.56. The van der Waals surface area contributed by atoms with E-state index in [-0.39, 0.29) is 46.4 Å². The quantitative estimate of drug-likeness (QED) is 0.709. The Labute approximate surface area is 183 Å². The molecule has 3 aliphatic rings. The third kappa shape index (κ3) is 2.79. The molecule has 0 aromatic heterocycles. The maximum atomic E-state index is 14.1. The van der Waals surface area contributed by atoms with Gasteiger partial charge in [-0.3, -0.25) is 13.8 Å². The zero-order chi connectivity index (χ0) is 22.0. The summed E-state index contributed by atoms with van der Waals surface area (Å²) in [4.78, 5) is 27.9. The normalized spacial score (nSPS) is 29.8. The van der Waals surface area contributed by atoms with Crippen LogP contribution >= 0.6 is 0 Å². The second-order valence-corrected chi connectivity index (χ2v) is 12.3. The summed E-state index contributed by atoms with van der Waals surface area (Å²) in [5.41, 5.74) is 2.03. The van der Waals surface area contributed by atoms with Gasteiger partial charge >= 0.3 is 0 Å². The Morgan fingerprint density at radius 3 is 2.32 bits per heavy atom. The van der Waals surface area contributed by atoms with Crippen molar-refractivity contribution in [1.82, 2.24) is 0 Å². The minimum atomic E-state index is -3.53. The van der Waals surface area contributed by atoms with Crippen LogP contribution in [0.3, 0.4) is 0 Å². The maximum absolute atomic E-state index is 14.1. The first-order valence-electron chi connectivity index (χ1n) is 10.3. The lowest BCUT2D eigenvalue weighted by atomic mass is 9.62. The van der Waals surface area contributed by atoms with Gasteiger partial charge in [-0.2, -0.15) is 0 Å².